The lowest BCUT2D eigenvalue weighted by Gasteiger charge is -2.21. The van der Waals surface area contributed by atoms with Crippen molar-refractivity contribution >= 4 is 11.9 Å². The summed E-state index contributed by atoms with van der Waals surface area (Å²) in [5, 5.41) is 8.69. The smallest absolute Gasteiger partial charge is 0.305 e. The third-order valence-electron chi connectivity index (χ3n) is 2.98. The van der Waals surface area contributed by atoms with Crippen LogP contribution in [0.1, 0.15) is 24.8 Å². The summed E-state index contributed by atoms with van der Waals surface area (Å²) >= 11 is 0. The van der Waals surface area contributed by atoms with Crippen LogP contribution in [-0.4, -0.2) is 39.5 Å². The van der Waals surface area contributed by atoms with Crippen molar-refractivity contribution < 1.29 is 14.7 Å². The van der Waals surface area contributed by atoms with Crippen LogP contribution in [0.2, 0.25) is 0 Å². The zero-order chi connectivity index (χ0) is 13.0. The summed E-state index contributed by atoms with van der Waals surface area (Å²) in [6.45, 7) is 0.309. The van der Waals surface area contributed by atoms with Gasteiger partial charge in [-0.1, -0.05) is 0 Å². The quantitative estimate of drug-likeness (QED) is 0.818. The highest BCUT2D eigenvalue weighted by Gasteiger charge is 2.32. The summed E-state index contributed by atoms with van der Waals surface area (Å²) in [6.07, 6.45) is 5.61. The Morgan fingerprint density at radius 2 is 2.00 bits per heavy atom. The molecule has 1 amide bonds. The highest BCUT2D eigenvalue weighted by Crippen LogP contribution is 2.27. The fourth-order valence-electron chi connectivity index (χ4n) is 1.89. The van der Waals surface area contributed by atoms with Crippen molar-refractivity contribution in [2.45, 2.75) is 31.7 Å². The van der Waals surface area contributed by atoms with Gasteiger partial charge < -0.3 is 10.0 Å². The summed E-state index contributed by atoms with van der Waals surface area (Å²) in [5.41, 5.74) is 0.913. The first-order valence-corrected chi connectivity index (χ1v) is 6.07. The Bertz CT molecular complexity index is 429. The number of hydrogen-bond donors (Lipinski definition) is 1. The molecular formula is C13H16N2O3. The Morgan fingerprint density at radius 3 is 2.56 bits per heavy atom. The molecule has 0 radical (unpaired) electrons. The summed E-state index contributed by atoms with van der Waals surface area (Å²) in [5.74, 6) is -0.859. The number of carboxylic acids is 1. The highest BCUT2D eigenvalue weighted by atomic mass is 16.4. The minimum absolute atomic E-state index is 0.00458. The molecule has 1 aromatic heterocycles. The second-order valence-corrected chi connectivity index (χ2v) is 4.49. The average molecular weight is 248 g/mol. The van der Waals surface area contributed by atoms with Gasteiger partial charge in [-0.15, -0.1) is 0 Å². The van der Waals surface area contributed by atoms with E-state index in [1.54, 1.807) is 29.4 Å². The Hall–Kier alpha value is -1.91. The van der Waals surface area contributed by atoms with Crippen molar-refractivity contribution in [3.63, 3.8) is 0 Å². The van der Waals surface area contributed by atoms with Gasteiger partial charge in [0.05, 0.1) is 12.8 Å². The monoisotopic (exact) mass is 248 g/mol. The van der Waals surface area contributed by atoms with Crippen LogP contribution in [0.5, 0.6) is 0 Å². The van der Waals surface area contributed by atoms with Crippen molar-refractivity contribution in [2.75, 3.05) is 6.54 Å². The van der Waals surface area contributed by atoms with Gasteiger partial charge in [0.25, 0.3) is 0 Å². The molecule has 0 spiro atoms. The Balaban J connectivity index is 1.93. The van der Waals surface area contributed by atoms with Crippen LogP contribution in [0.4, 0.5) is 0 Å². The standard InChI is InChI=1S/C13H16N2O3/c16-12(9-10-3-6-14-7-4-10)15(11-1-2-11)8-5-13(17)18/h3-4,6-7,11H,1-2,5,8-9H2,(H,17,18). The number of carbonyl (C=O) groups is 2. The lowest BCUT2D eigenvalue weighted by molar-refractivity contribution is -0.138. The molecule has 0 aliphatic heterocycles. The molecule has 0 unspecified atom stereocenters. The number of carboxylic acid groups (broad SMARTS) is 1. The van der Waals surface area contributed by atoms with E-state index in [4.69, 9.17) is 5.11 Å². The molecule has 18 heavy (non-hydrogen) atoms. The second kappa shape index (κ2) is 5.62. The van der Waals surface area contributed by atoms with Crippen LogP contribution >= 0.6 is 0 Å². The van der Waals surface area contributed by atoms with Gasteiger partial charge in [-0.05, 0) is 30.5 Å². The lowest BCUT2D eigenvalue weighted by atomic mass is 10.2. The van der Waals surface area contributed by atoms with Crippen molar-refractivity contribution in [1.82, 2.24) is 9.88 Å². The largest absolute Gasteiger partial charge is 0.481 e. The first-order valence-electron chi connectivity index (χ1n) is 6.07. The van der Waals surface area contributed by atoms with Crippen LogP contribution in [0.15, 0.2) is 24.5 Å². The Labute approximate surface area is 105 Å². The molecule has 96 valence electrons. The number of carbonyl (C=O) groups excluding carboxylic acids is 1. The molecule has 2 rings (SSSR count). The molecular weight excluding hydrogens is 232 g/mol. The van der Waals surface area contributed by atoms with Crippen LogP contribution < -0.4 is 0 Å². The number of hydrogen-bond acceptors (Lipinski definition) is 3. The van der Waals surface area contributed by atoms with E-state index >= 15 is 0 Å². The number of pyridine rings is 1. The average Bonchev–Trinajstić information content (AvgIpc) is 3.14. The topological polar surface area (TPSA) is 70.5 Å². The van der Waals surface area contributed by atoms with Crippen molar-refractivity contribution in [1.29, 1.82) is 0 Å². The van der Waals surface area contributed by atoms with Gasteiger partial charge in [-0.25, -0.2) is 0 Å². The highest BCUT2D eigenvalue weighted by molar-refractivity contribution is 5.80. The maximum Gasteiger partial charge on any atom is 0.305 e. The molecule has 1 heterocycles. The number of rotatable bonds is 6. The van der Waals surface area contributed by atoms with E-state index in [0.717, 1.165) is 18.4 Å². The number of aromatic nitrogens is 1. The van der Waals surface area contributed by atoms with E-state index in [0.29, 0.717) is 13.0 Å². The fourth-order valence-corrected chi connectivity index (χ4v) is 1.89. The summed E-state index contributed by atoms with van der Waals surface area (Å²) < 4.78 is 0. The van der Waals surface area contributed by atoms with Crippen LogP contribution in [0.3, 0.4) is 0 Å². The molecule has 1 aliphatic rings. The number of aliphatic carboxylic acids is 1. The predicted molar refractivity (Wildman–Crippen MR) is 64.9 cm³/mol. The van der Waals surface area contributed by atoms with Gasteiger partial charge in [-0.2, -0.15) is 0 Å². The van der Waals surface area contributed by atoms with Crippen LogP contribution in [-0.2, 0) is 16.0 Å². The van der Waals surface area contributed by atoms with Gasteiger partial charge >= 0.3 is 5.97 Å². The van der Waals surface area contributed by atoms with E-state index < -0.39 is 5.97 Å². The van der Waals surface area contributed by atoms with Crippen LogP contribution in [0, 0.1) is 0 Å². The maximum absolute atomic E-state index is 12.1. The summed E-state index contributed by atoms with van der Waals surface area (Å²) in [6, 6.07) is 3.86. The van der Waals surface area contributed by atoms with E-state index in [-0.39, 0.29) is 18.4 Å². The summed E-state index contributed by atoms with van der Waals surface area (Å²) in [7, 11) is 0. The van der Waals surface area contributed by atoms with E-state index in [1.165, 1.54) is 0 Å². The normalized spacial score (nSPS) is 14.2. The number of amides is 1. The van der Waals surface area contributed by atoms with Crippen molar-refractivity contribution in [3.8, 4) is 0 Å². The zero-order valence-corrected chi connectivity index (χ0v) is 10.1. The predicted octanol–water partition coefficient (Wildman–Crippen LogP) is 1.09. The van der Waals surface area contributed by atoms with E-state index in [1.807, 2.05) is 0 Å². The lowest BCUT2D eigenvalue weighted by Crippen LogP contribution is -2.36. The molecule has 0 aromatic carbocycles. The van der Waals surface area contributed by atoms with Gasteiger partial charge in [0.2, 0.25) is 5.91 Å². The molecule has 1 fully saturated rings. The molecule has 0 atom stereocenters. The molecule has 0 saturated heterocycles. The first-order chi connectivity index (χ1) is 8.66. The molecule has 1 aromatic rings. The minimum atomic E-state index is -0.864. The minimum Gasteiger partial charge on any atom is -0.481 e. The van der Waals surface area contributed by atoms with E-state index in [9.17, 15) is 9.59 Å². The number of nitrogens with zero attached hydrogens (tertiary/aromatic N) is 2. The van der Waals surface area contributed by atoms with Gasteiger partial charge in [0.1, 0.15) is 0 Å². The maximum atomic E-state index is 12.1. The molecule has 1 saturated carbocycles. The Morgan fingerprint density at radius 1 is 1.33 bits per heavy atom. The third kappa shape index (κ3) is 3.55. The third-order valence-corrected chi connectivity index (χ3v) is 2.98. The molecule has 5 heteroatoms. The zero-order valence-electron chi connectivity index (χ0n) is 10.1. The van der Waals surface area contributed by atoms with Gasteiger partial charge in [0, 0.05) is 25.0 Å². The Kier molecular flexibility index (Phi) is 3.92. The van der Waals surface area contributed by atoms with E-state index in [2.05, 4.69) is 4.98 Å². The molecule has 1 aliphatic carbocycles. The SMILES string of the molecule is O=C(O)CCN(C(=O)Cc1ccncc1)C1CC1. The second-order valence-electron chi connectivity index (χ2n) is 4.49. The van der Waals surface area contributed by atoms with Gasteiger partial charge in [-0.3, -0.25) is 14.6 Å². The van der Waals surface area contributed by atoms with Crippen molar-refractivity contribution in [2.24, 2.45) is 0 Å². The molecule has 0 bridgehead atoms. The van der Waals surface area contributed by atoms with Crippen molar-refractivity contribution in [3.05, 3.63) is 30.1 Å². The summed E-state index contributed by atoms with van der Waals surface area (Å²) in [4.78, 5) is 28.3. The fraction of sp³-hybridized carbons (Fsp3) is 0.462. The molecule has 1 N–H and O–H groups in total. The molecule has 5 nitrogen and oxygen atoms in total. The van der Waals surface area contributed by atoms with Gasteiger partial charge in [0.15, 0.2) is 0 Å². The first kappa shape index (κ1) is 12.5. The van der Waals surface area contributed by atoms with Crippen LogP contribution in [0.25, 0.3) is 0 Å².